The Morgan fingerprint density at radius 1 is 1.10 bits per heavy atom. The second-order valence-corrected chi connectivity index (χ2v) is 9.97. The van der Waals surface area contributed by atoms with Crippen molar-refractivity contribution in [3.05, 3.63) is 22.7 Å². The zero-order chi connectivity index (χ0) is 23.1. The molecule has 0 saturated carbocycles. The van der Waals surface area contributed by atoms with Gasteiger partial charge in [0.15, 0.2) is 12.5 Å². The lowest BCUT2D eigenvalue weighted by atomic mass is 10.1. The summed E-state index contributed by atoms with van der Waals surface area (Å²) in [6.07, 6.45) is -9.19. The van der Waals surface area contributed by atoms with E-state index in [1.165, 1.54) is 0 Å². The number of ether oxygens (including phenoxy) is 1. The Morgan fingerprint density at radius 3 is 2.23 bits per heavy atom. The minimum atomic E-state index is -5.85. The number of aliphatic hydroxyl groups is 3. The van der Waals surface area contributed by atoms with Crippen molar-refractivity contribution in [1.82, 2.24) is 9.55 Å². The summed E-state index contributed by atoms with van der Waals surface area (Å²) in [5.74, 6) is -0.173. The molecule has 2 heterocycles. The Morgan fingerprint density at radius 2 is 1.70 bits per heavy atom. The van der Waals surface area contributed by atoms with Gasteiger partial charge in [0.2, 0.25) is 0 Å². The number of nitrogen functional groups attached to an aromatic ring is 1. The third kappa shape index (κ3) is 6.46. The van der Waals surface area contributed by atoms with Crippen LogP contribution in [-0.4, -0.2) is 69.0 Å². The summed E-state index contributed by atoms with van der Waals surface area (Å²) in [6.45, 7) is 0. The molecule has 2 rings (SSSR count). The molecule has 1 aliphatic heterocycles. The van der Waals surface area contributed by atoms with Gasteiger partial charge >= 0.3 is 29.2 Å². The number of nitrogens with zero attached hydrogens (tertiary/aromatic N) is 2. The van der Waals surface area contributed by atoms with Crippen LogP contribution in [0, 0.1) is 0 Å². The van der Waals surface area contributed by atoms with Crippen molar-refractivity contribution < 1.29 is 66.5 Å². The number of phosphoric ester groups is 1. The quantitative estimate of drug-likeness (QED) is 0.131. The number of hydrogen-bond acceptors (Lipinski definition) is 13. The number of hydrogen-bond donors (Lipinski definition) is 8. The second kappa shape index (κ2) is 8.82. The van der Waals surface area contributed by atoms with E-state index in [2.05, 4.69) is 18.1 Å². The van der Waals surface area contributed by atoms with Crippen LogP contribution < -0.4 is 11.4 Å². The number of phosphoric acid groups is 3. The molecule has 18 nitrogen and oxygen atoms in total. The second-order valence-electron chi connectivity index (χ2n) is 5.60. The standard InChI is InChI=1S/C9H16N3O15P3/c10-3-1-2-12(9(16)11-3)7-5(14)4(13)6(24-7)8(15)25-29(20,21)27-30(22,23)26-28(17,18)19/h1-2,4-8,13-15H,(H,20,21)(H,22,23)(H2,10,11,16)(H2,17,18,19)/t4-,5+,6-,7+,8?/m0/s1. The fourth-order valence-electron chi connectivity index (χ4n) is 2.27. The number of rotatable bonds is 8. The van der Waals surface area contributed by atoms with Crippen molar-refractivity contribution in [3.63, 3.8) is 0 Å². The molecule has 30 heavy (non-hydrogen) atoms. The van der Waals surface area contributed by atoms with E-state index in [-0.39, 0.29) is 5.82 Å². The third-order valence-electron chi connectivity index (χ3n) is 3.34. The molecule has 1 aromatic rings. The van der Waals surface area contributed by atoms with E-state index in [0.717, 1.165) is 12.3 Å². The van der Waals surface area contributed by atoms with Gasteiger partial charge in [-0.2, -0.15) is 13.6 Å². The van der Waals surface area contributed by atoms with Crippen molar-refractivity contribution in [2.75, 3.05) is 5.73 Å². The molecule has 0 spiro atoms. The first-order valence-electron chi connectivity index (χ1n) is 7.38. The molecule has 0 aromatic carbocycles. The highest BCUT2D eigenvalue weighted by molar-refractivity contribution is 7.66. The van der Waals surface area contributed by atoms with Crippen LogP contribution in [0.25, 0.3) is 0 Å². The molecule has 1 aromatic heterocycles. The Balaban J connectivity index is 2.13. The van der Waals surface area contributed by atoms with E-state index in [1.807, 2.05) is 0 Å². The maximum absolute atomic E-state index is 11.8. The average molecular weight is 499 g/mol. The van der Waals surface area contributed by atoms with Gasteiger partial charge in [0.05, 0.1) is 0 Å². The SMILES string of the molecule is Nc1ccn([C@@H]2O[C@H](C(O)OP(=O)(O)OP(=O)(O)OP(=O)(O)O)[C@@H](O)[C@H]2O)c(=O)n1. The number of anilines is 1. The Bertz CT molecular complexity index is 978. The summed E-state index contributed by atoms with van der Waals surface area (Å²) in [5, 5.41) is 29.9. The van der Waals surface area contributed by atoms with E-state index in [4.69, 9.17) is 25.2 Å². The van der Waals surface area contributed by atoms with Gasteiger partial charge in [-0.15, -0.1) is 0 Å². The average Bonchev–Trinajstić information content (AvgIpc) is 2.79. The van der Waals surface area contributed by atoms with Gasteiger partial charge in [-0.25, -0.2) is 18.5 Å². The third-order valence-corrected chi connectivity index (χ3v) is 7.15. The predicted molar refractivity (Wildman–Crippen MR) is 89.8 cm³/mol. The van der Waals surface area contributed by atoms with Crippen LogP contribution in [-0.2, 0) is 31.6 Å². The molecule has 0 bridgehead atoms. The monoisotopic (exact) mass is 499 g/mol. The lowest BCUT2D eigenvalue weighted by Crippen LogP contribution is -2.40. The lowest BCUT2D eigenvalue weighted by Gasteiger charge is -2.23. The van der Waals surface area contributed by atoms with E-state index in [9.17, 15) is 38.7 Å². The molecule has 1 aliphatic rings. The molecule has 0 amide bonds. The molecule has 9 N–H and O–H groups in total. The van der Waals surface area contributed by atoms with Crippen LogP contribution in [0.2, 0.25) is 0 Å². The summed E-state index contributed by atoms with van der Waals surface area (Å²) in [6, 6.07) is 1.14. The van der Waals surface area contributed by atoms with Crippen LogP contribution in [0.15, 0.2) is 17.1 Å². The summed E-state index contributed by atoms with van der Waals surface area (Å²) >= 11 is 0. The summed E-state index contributed by atoms with van der Waals surface area (Å²) in [4.78, 5) is 50.5. The van der Waals surface area contributed by atoms with Gasteiger partial charge in [0.1, 0.15) is 24.1 Å². The number of nitrogens with two attached hydrogens (primary N) is 1. The first kappa shape index (κ1) is 25.2. The zero-order valence-electron chi connectivity index (χ0n) is 14.3. The van der Waals surface area contributed by atoms with Gasteiger partial charge in [0.25, 0.3) is 0 Å². The largest absolute Gasteiger partial charge is 0.490 e. The van der Waals surface area contributed by atoms with Crippen LogP contribution in [0.5, 0.6) is 0 Å². The van der Waals surface area contributed by atoms with E-state index in [1.54, 1.807) is 0 Å². The van der Waals surface area contributed by atoms with Gasteiger partial charge in [-0.05, 0) is 6.07 Å². The molecule has 1 saturated heterocycles. The minimum Gasteiger partial charge on any atom is -0.387 e. The topological polar surface area (TPSA) is 291 Å². The molecular weight excluding hydrogens is 483 g/mol. The highest BCUT2D eigenvalue weighted by Crippen LogP contribution is 2.66. The lowest BCUT2D eigenvalue weighted by molar-refractivity contribution is -0.161. The smallest absolute Gasteiger partial charge is 0.387 e. The summed E-state index contributed by atoms with van der Waals surface area (Å²) < 4.78 is 50.2. The maximum atomic E-state index is 11.8. The Hall–Kier alpha value is -1.07. The zero-order valence-corrected chi connectivity index (χ0v) is 16.9. The van der Waals surface area contributed by atoms with Gasteiger partial charge < -0.3 is 45.4 Å². The summed E-state index contributed by atoms with van der Waals surface area (Å²) in [5.41, 5.74) is 4.29. The highest BCUT2D eigenvalue weighted by atomic mass is 31.3. The van der Waals surface area contributed by atoms with Crippen molar-refractivity contribution >= 4 is 29.3 Å². The normalized spacial score (nSPS) is 29.8. The Labute approximate surface area is 165 Å². The molecule has 21 heteroatoms. The predicted octanol–water partition coefficient (Wildman–Crippen LogP) is -2.89. The Kier molecular flexibility index (Phi) is 7.40. The number of aromatic nitrogens is 2. The fourth-order valence-corrected chi connectivity index (χ4v) is 5.32. The number of aliphatic hydroxyl groups excluding tert-OH is 3. The molecule has 172 valence electrons. The van der Waals surface area contributed by atoms with E-state index < -0.39 is 60.0 Å². The molecule has 3 unspecified atom stereocenters. The van der Waals surface area contributed by atoms with Crippen molar-refractivity contribution in [3.8, 4) is 0 Å². The first-order valence-corrected chi connectivity index (χ1v) is 11.9. The van der Waals surface area contributed by atoms with Crippen molar-refractivity contribution in [2.24, 2.45) is 0 Å². The molecule has 0 radical (unpaired) electrons. The van der Waals surface area contributed by atoms with E-state index >= 15 is 0 Å². The molecule has 1 fully saturated rings. The van der Waals surface area contributed by atoms with Crippen molar-refractivity contribution in [2.45, 2.75) is 30.8 Å². The fraction of sp³-hybridized carbons (Fsp3) is 0.556. The maximum Gasteiger partial charge on any atom is 0.490 e. The highest BCUT2D eigenvalue weighted by Gasteiger charge is 2.50. The van der Waals surface area contributed by atoms with E-state index in [0.29, 0.717) is 4.57 Å². The summed E-state index contributed by atoms with van der Waals surface area (Å²) in [7, 11) is -17.2. The van der Waals surface area contributed by atoms with Gasteiger partial charge in [0, 0.05) is 6.20 Å². The molecule has 7 atom stereocenters. The minimum absolute atomic E-state index is 0.173. The van der Waals surface area contributed by atoms with Crippen molar-refractivity contribution in [1.29, 1.82) is 0 Å². The molecule has 0 aliphatic carbocycles. The van der Waals surface area contributed by atoms with Crippen LogP contribution in [0.3, 0.4) is 0 Å². The molecular formula is C9H16N3O15P3. The van der Waals surface area contributed by atoms with Gasteiger partial charge in [-0.3, -0.25) is 9.09 Å². The van der Waals surface area contributed by atoms with Crippen LogP contribution in [0.1, 0.15) is 6.23 Å². The first-order chi connectivity index (χ1) is 13.5. The van der Waals surface area contributed by atoms with Crippen LogP contribution >= 0.6 is 23.5 Å². The van der Waals surface area contributed by atoms with Gasteiger partial charge in [-0.1, -0.05) is 0 Å². The van der Waals surface area contributed by atoms with Crippen LogP contribution in [0.4, 0.5) is 5.82 Å².